The molecule has 2 aliphatic rings. The number of nitrogen functional groups attached to an aromatic ring is 1. The van der Waals surface area contributed by atoms with E-state index in [1.807, 2.05) is 6.07 Å². The maximum Gasteiger partial charge on any atom is 0.124 e. The molecule has 2 fully saturated rings. The van der Waals surface area contributed by atoms with Gasteiger partial charge in [-0.25, -0.2) is 0 Å². The average molecular weight is 336 g/mol. The molecule has 0 amide bonds. The van der Waals surface area contributed by atoms with E-state index in [1.54, 1.807) is 0 Å². The number of nitrogens with zero attached hydrogens (tertiary/aromatic N) is 1. The van der Waals surface area contributed by atoms with Gasteiger partial charge in [0.15, 0.2) is 0 Å². The highest BCUT2D eigenvalue weighted by atomic mass is 79.9. The third-order valence-corrected chi connectivity index (χ3v) is 5.29. The van der Waals surface area contributed by atoms with E-state index in [4.69, 9.17) is 11.1 Å². The van der Waals surface area contributed by atoms with Crippen LogP contribution in [0.1, 0.15) is 44.1 Å². The van der Waals surface area contributed by atoms with Gasteiger partial charge in [0.05, 0.1) is 0 Å². The number of nitrogens with two attached hydrogens (primary N) is 1. The molecule has 1 saturated heterocycles. The zero-order valence-electron chi connectivity index (χ0n) is 11.7. The molecule has 0 spiro atoms. The van der Waals surface area contributed by atoms with Crippen molar-refractivity contribution >= 4 is 27.5 Å². The van der Waals surface area contributed by atoms with Crippen LogP contribution in [0.3, 0.4) is 0 Å². The summed E-state index contributed by atoms with van der Waals surface area (Å²) in [7, 11) is 0. The molecule has 0 radical (unpaired) electrons. The zero-order valence-corrected chi connectivity index (χ0v) is 13.3. The molecular weight excluding hydrogens is 314 g/mol. The van der Waals surface area contributed by atoms with Crippen LogP contribution in [-0.2, 0) is 0 Å². The van der Waals surface area contributed by atoms with Crippen molar-refractivity contribution in [2.75, 3.05) is 11.4 Å². The Balaban J connectivity index is 1.92. The highest BCUT2D eigenvalue weighted by Crippen LogP contribution is 2.39. The van der Waals surface area contributed by atoms with Crippen LogP contribution in [-0.4, -0.2) is 18.4 Å². The molecule has 0 aromatic heterocycles. The monoisotopic (exact) mass is 335 g/mol. The second kappa shape index (κ2) is 5.76. The first-order valence-corrected chi connectivity index (χ1v) is 8.36. The molecule has 1 unspecified atom stereocenters. The summed E-state index contributed by atoms with van der Waals surface area (Å²) in [4.78, 5) is 2.51. The van der Waals surface area contributed by atoms with Gasteiger partial charge in [-0.1, -0.05) is 28.8 Å². The lowest BCUT2D eigenvalue weighted by Crippen LogP contribution is -2.36. The van der Waals surface area contributed by atoms with Crippen molar-refractivity contribution in [2.45, 2.75) is 44.6 Å². The first-order valence-electron chi connectivity index (χ1n) is 7.57. The predicted octanol–water partition coefficient (Wildman–Crippen LogP) is 3.89. The quantitative estimate of drug-likeness (QED) is 0.650. The van der Waals surface area contributed by atoms with Gasteiger partial charge in [-0.15, -0.1) is 0 Å². The highest BCUT2D eigenvalue weighted by molar-refractivity contribution is 9.10. The number of benzene rings is 1. The van der Waals surface area contributed by atoms with E-state index >= 15 is 0 Å². The van der Waals surface area contributed by atoms with Crippen molar-refractivity contribution < 1.29 is 0 Å². The second-order valence-corrected chi connectivity index (χ2v) is 6.94. The molecular formula is C16H22BrN3. The summed E-state index contributed by atoms with van der Waals surface area (Å²) >= 11 is 3.48. The lowest BCUT2D eigenvalue weighted by atomic mass is 9.95. The van der Waals surface area contributed by atoms with E-state index in [0.29, 0.717) is 6.04 Å². The van der Waals surface area contributed by atoms with Gasteiger partial charge < -0.3 is 10.6 Å². The second-order valence-electron chi connectivity index (χ2n) is 6.02. The molecule has 3 N–H and O–H groups in total. The van der Waals surface area contributed by atoms with E-state index in [9.17, 15) is 0 Å². The van der Waals surface area contributed by atoms with Crippen molar-refractivity contribution in [1.82, 2.24) is 0 Å². The van der Waals surface area contributed by atoms with Crippen LogP contribution in [0.5, 0.6) is 0 Å². The fourth-order valence-electron chi connectivity index (χ4n) is 3.90. The smallest absolute Gasteiger partial charge is 0.124 e. The topological polar surface area (TPSA) is 53.1 Å². The fraction of sp³-hybridized carbons (Fsp3) is 0.562. The van der Waals surface area contributed by atoms with Crippen LogP contribution in [0, 0.1) is 11.3 Å². The Kier molecular flexibility index (Phi) is 4.01. The van der Waals surface area contributed by atoms with Gasteiger partial charge in [-0.05, 0) is 49.8 Å². The van der Waals surface area contributed by atoms with Crippen LogP contribution >= 0.6 is 15.9 Å². The number of nitrogens with one attached hydrogen (secondary N) is 1. The average Bonchev–Trinajstić information content (AvgIpc) is 3.09. The number of rotatable bonds is 3. The first kappa shape index (κ1) is 13.9. The van der Waals surface area contributed by atoms with Crippen molar-refractivity contribution in [3.05, 3.63) is 28.2 Å². The summed E-state index contributed by atoms with van der Waals surface area (Å²) in [6.07, 6.45) is 8.05. The van der Waals surface area contributed by atoms with Crippen molar-refractivity contribution in [3.63, 3.8) is 0 Å². The van der Waals surface area contributed by atoms with E-state index in [-0.39, 0.29) is 5.84 Å². The summed E-state index contributed by atoms with van der Waals surface area (Å²) in [5, 5.41) is 7.84. The molecule has 1 heterocycles. The summed E-state index contributed by atoms with van der Waals surface area (Å²) < 4.78 is 0.989. The van der Waals surface area contributed by atoms with Crippen molar-refractivity contribution in [1.29, 1.82) is 5.41 Å². The molecule has 20 heavy (non-hydrogen) atoms. The molecule has 1 aromatic carbocycles. The minimum Gasteiger partial charge on any atom is -0.384 e. The standard InChI is InChI=1S/C16H22BrN3/c17-12-7-8-15(13(10-12)16(18)19)20-9-3-6-14(20)11-4-1-2-5-11/h7-8,10-11,14H,1-6,9H2,(H3,18,19). The van der Waals surface area contributed by atoms with Gasteiger partial charge in [0, 0.05) is 28.3 Å². The van der Waals surface area contributed by atoms with Crippen LogP contribution in [0.25, 0.3) is 0 Å². The number of anilines is 1. The highest BCUT2D eigenvalue weighted by Gasteiger charge is 2.34. The maximum absolute atomic E-state index is 7.84. The molecule has 4 heteroatoms. The SMILES string of the molecule is N=C(N)c1cc(Br)ccc1N1CCCC1C1CCCC1. The Hall–Kier alpha value is -1.03. The zero-order chi connectivity index (χ0) is 14.1. The number of amidine groups is 1. The molecule has 3 rings (SSSR count). The third-order valence-electron chi connectivity index (χ3n) is 4.80. The molecule has 1 aromatic rings. The largest absolute Gasteiger partial charge is 0.384 e. The van der Waals surface area contributed by atoms with Crippen molar-refractivity contribution in [3.8, 4) is 0 Å². The van der Waals surface area contributed by atoms with Gasteiger partial charge in [0.2, 0.25) is 0 Å². The summed E-state index contributed by atoms with van der Waals surface area (Å²) in [6.45, 7) is 1.10. The Morgan fingerprint density at radius 3 is 2.65 bits per heavy atom. The number of halogens is 1. The van der Waals surface area contributed by atoms with E-state index < -0.39 is 0 Å². The van der Waals surface area contributed by atoms with Gasteiger partial charge >= 0.3 is 0 Å². The number of hydrogen-bond donors (Lipinski definition) is 2. The van der Waals surface area contributed by atoms with Gasteiger partial charge in [0.25, 0.3) is 0 Å². The maximum atomic E-state index is 7.84. The van der Waals surface area contributed by atoms with Crippen LogP contribution < -0.4 is 10.6 Å². The Bertz CT molecular complexity index is 508. The predicted molar refractivity (Wildman–Crippen MR) is 87.5 cm³/mol. The van der Waals surface area contributed by atoms with E-state index in [1.165, 1.54) is 38.5 Å². The molecule has 1 aliphatic carbocycles. The molecule has 1 atom stereocenters. The Morgan fingerprint density at radius 1 is 1.20 bits per heavy atom. The third kappa shape index (κ3) is 2.58. The van der Waals surface area contributed by atoms with Crippen LogP contribution in [0.15, 0.2) is 22.7 Å². The summed E-state index contributed by atoms with van der Waals surface area (Å²) in [6, 6.07) is 6.80. The molecule has 3 nitrogen and oxygen atoms in total. The van der Waals surface area contributed by atoms with Crippen molar-refractivity contribution in [2.24, 2.45) is 11.7 Å². The summed E-state index contributed by atoms with van der Waals surface area (Å²) in [5.41, 5.74) is 7.80. The van der Waals surface area contributed by atoms with E-state index in [0.717, 1.165) is 28.2 Å². The molecule has 0 bridgehead atoms. The van der Waals surface area contributed by atoms with Crippen LogP contribution in [0.2, 0.25) is 0 Å². The lowest BCUT2D eigenvalue weighted by Gasteiger charge is -2.32. The number of hydrogen-bond acceptors (Lipinski definition) is 2. The minimum absolute atomic E-state index is 0.165. The van der Waals surface area contributed by atoms with Crippen LogP contribution in [0.4, 0.5) is 5.69 Å². The normalized spacial score (nSPS) is 23.4. The molecule has 1 saturated carbocycles. The fourth-order valence-corrected chi connectivity index (χ4v) is 4.26. The Labute approximate surface area is 129 Å². The lowest BCUT2D eigenvalue weighted by molar-refractivity contribution is 0.431. The molecule has 1 aliphatic heterocycles. The van der Waals surface area contributed by atoms with E-state index in [2.05, 4.69) is 33.0 Å². The Morgan fingerprint density at radius 2 is 1.95 bits per heavy atom. The summed E-state index contributed by atoms with van der Waals surface area (Å²) in [5.74, 6) is 0.999. The molecule has 108 valence electrons. The van der Waals surface area contributed by atoms with Gasteiger partial charge in [0.1, 0.15) is 5.84 Å². The van der Waals surface area contributed by atoms with Gasteiger partial charge in [-0.3, -0.25) is 5.41 Å². The minimum atomic E-state index is 0.165. The van der Waals surface area contributed by atoms with Gasteiger partial charge in [-0.2, -0.15) is 0 Å². The first-order chi connectivity index (χ1) is 9.66.